The van der Waals surface area contributed by atoms with E-state index in [1.165, 1.54) is 0 Å². The van der Waals surface area contributed by atoms with E-state index in [9.17, 15) is 14.4 Å². The predicted molar refractivity (Wildman–Crippen MR) is 118 cm³/mol. The van der Waals surface area contributed by atoms with Crippen LogP contribution in [0.2, 0.25) is 0 Å². The highest BCUT2D eigenvalue weighted by Gasteiger charge is 2.36. The first kappa shape index (κ1) is 21.1. The number of amides is 2. The van der Waals surface area contributed by atoms with E-state index in [2.05, 4.69) is 5.32 Å². The van der Waals surface area contributed by atoms with Crippen LogP contribution in [-0.4, -0.2) is 42.4 Å². The molecule has 6 heteroatoms. The summed E-state index contributed by atoms with van der Waals surface area (Å²) in [5, 5.41) is 2.93. The van der Waals surface area contributed by atoms with Crippen LogP contribution in [0.25, 0.3) is 11.1 Å². The van der Waals surface area contributed by atoms with E-state index < -0.39 is 5.97 Å². The largest absolute Gasteiger partial charge is 0.462 e. The maximum absolute atomic E-state index is 12.9. The zero-order chi connectivity index (χ0) is 21.8. The average molecular weight is 421 g/mol. The molecule has 0 bridgehead atoms. The molecule has 1 saturated heterocycles. The van der Waals surface area contributed by atoms with E-state index in [0.29, 0.717) is 37.2 Å². The molecule has 6 nitrogen and oxygen atoms in total. The van der Waals surface area contributed by atoms with Gasteiger partial charge < -0.3 is 15.0 Å². The Morgan fingerprint density at radius 1 is 0.935 bits per heavy atom. The molecule has 0 unspecified atom stereocenters. The molecule has 1 aliphatic heterocycles. The van der Waals surface area contributed by atoms with Crippen molar-refractivity contribution in [3.63, 3.8) is 0 Å². The average Bonchev–Trinajstić information content (AvgIpc) is 3.65. The first-order chi connectivity index (χ1) is 15.1. The Labute approximate surface area is 182 Å². The molecule has 0 spiro atoms. The molecule has 0 aromatic heterocycles. The van der Waals surface area contributed by atoms with E-state index >= 15 is 0 Å². The Kier molecular flexibility index (Phi) is 6.35. The molecule has 0 atom stereocenters. The summed E-state index contributed by atoms with van der Waals surface area (Å²) in [6, 6.07) is 15.2. The first-order valence-corrected chi connectivity index (χ1v) is 11.0. The zero-order valence-electron chi connectivity index (χ0n) is 17.8. The number of ether oxygens (including phenoxy) is 1. The molecule has 2 aromatic rings. The normalized spacial score (nSPS) is 16.6. The third-order valence-corrected chi connectivity index (χ3v) is 5.98. The second-order valence-corrected chi connectivity index (χ2v) is 8.21. The van der Waals surface area contributed by atoms with Crippen molar-refractivity contribution >= 4 is 23.5 Å². The molecular formula is C25H28N2O4. The highest BCUT2D eigenvalue weighted by molar-refractivity contribution is 6.03. The van der Waals surface area contributed by atoms with Crippen molar-refractivity contribution in [3.05, 3.63) is 54.1 Å². The Balaban J connectivity index is 1.47. The highest BCUT2D eigenvalue weighted by atomic mass is 16.5. The number of likely N-dealkylation sites (tertiary alicyclic amines) is 1. The molecule has 2 fully saturated rings. The number of carbonyl (C=O) groups excluding carboxylic acids is 3. The number of carbonyl (C=O) groups is 3. The summed E-state index contributed by atoms with van der Waals surface area (Å²) < 4.78 is 5.22. The summed E-state index contributed by atoms with van der Waals surface area (Å²) in [4.78, 5) is 39.6. The standard InChI is InChI=1S/C25H28N2O4/c1-2-31-25(30)21-16-20(17-6-4-3-5-7-17)10-11-22(21)26-23(28)18-12-14-27(15-13-18)24(29)19-8-9-19/h3-7,10-11,16,18-19H,2,8-9,12-15H2,1H3,(H,26,28). The zero-order valence-corrected chi connectivity index (χ0v) is 17.8. The molecule has 1 N–H and O–H groups in total. The minimum absolute atomic E-state index is 0.114. The number of esters is 1. The minimum Gasteiger partial charge on any atom is -0.462 e. The van der Waals surface area contributed by atoms with Crippen molar-refractivity contribution < 1.29 is 19.1 Å². The van der Waals surface area contributed by atoms with Crippen molar-refractivity contribution in [1.29, 1.82) is 0 Å². The molecule has 2 aromatic carbocycles. The number of hydrogen-bond acceptors (Lipinski definition) is 4. The van der Waals surface area contributed by atoms with Crippen LogP contribution < -0.4 is 5.32 Å². The number of nitrogens with zero attached hydrogens (tertiary/aromatic N) is 1. The van der Waals surface area contributed by atoms with Crippen LogP contribution in [0.3, 0.4) is 0 Å². The van der Waals surface area contributed by atoms with Gasteiger partial charge in [0.15, 0.2) is 0 Å². The minimum atomic E-state index is -0.458. The molecule has 4 rings (SSSR count). The summed E-state index contributed by atoms with van der Waals surface area (Å²) in [5.74, 6) is -0.301. The number of hydrogen-bond donors (Lipinski definition) is 1. The monoisotopic (exact) mass is 420 g/mol. The molecular weight excluding hydrogens is 392 g/mol. The van der Waals surface area contributed by atoms with Gasteiger partial charge in [-0.15, -0.1) is 0 Å². The molecule has 2 aliphatic rings. The number of piperidine rings is 1. The summed E-state index contributed by atoms with van der Waals surface area (Å²) in [6.45, 7) is 3.25. The van der Waals surface area contributed by atoms with Gasteiger partial charge in [0.2, 0.25) is 11.8 Å². The lowest BCUT2D eigenvalue weighted by Gasteiger charge is -2.31. The van der Waals surface area contributed by atoms with Gasteiger partial charge in [0.1, 0.15) is 0 Å². The Morgan fingerprint density at radius 2 is 1.65 bits per heavy atom. The van der Waals surface area contributed by atoms with Crippen LogP contribution >= 0.6 is 0 Å². The Morgan fingerprint density at radius 3 is 2.29 bits per heavy atom. The van der Waals surface area contributed by atoms with Crippen LogP contribution in [-0.2, 0) is 14.3 Å². The smallest absolute Gasteiger partial charge is 0.340 e. The number of anilines is 1. The fraction of sp³-hybridized carbons (Fsp3) is 0.400. The lowest BCUT2D eigenvalue weighted by molar-refractivity contribution is -0.135. The molecule has 1 saturated carbocycles. The van der Waals surface area contributed by atoms with E-state index in [-0.39, 0.29) is 30.3 Å². The van der Waals surface area contributed by atoms with E-state index in [0.717, 1.165) is 24.0 Å². The molecule has 162 valence electrons. The van der Waals surface area contributed by atoms with Gasteiger partial charge >= 0.3 is 5.97 Å². The second kappa shape index (κ2) is 9.33. The van der Waals surface area contributed by atoms with Crippen molar-refractivity contribution in [3.8, 4) is 11.1 Å². The van der Waals surface area contributed by atoms with Crippen molar-refractivity contribution in [2.45, 2.75) is 32.6 Å². The molecule has 2 amide bonds. The fourth-order valence-electron chi connectivity index (χ4n) is 4.03. The van der Waals surface area contributed by atoms with Gasteiger partial charge in [0.05, 0.1) is 17.9 Å². The molecule has 0 radical (unpaired) electrons. The van der Waals surface area contributed by atoms with Gasteiger partial charge in [-0.3, -0.25) is 9.59 Å². The van der Waals surface area contributed by atoms with E-state index in [1.54, 1.807) is 19.1 Å². The number of rotatable bonds is 6. The van der Waals surface area contributed by atoms with Gasteiger partial charge in [-0.1, -0.05) is 36.4 Å². The third kappa shape index (κ3) is 4.95. The maximum Gasteiger partial charge on any atom is 0.340 e. The van der Waals surface area contributed by atoms with Gasteiger partial charge in [0.25, 0.3) is 0 Å². The van der Waals surface area contributed by atoms with Crippen molar-refractivity contribution in [2.24, 2.45) is 11.8 Å². The van der Waals surface area contributed by atoms with Crippen LogP contribution in [0.4, 0.5) is 5.69 Å². The quantitative estimate of drug-likeness (QED) is 0.714. The number of benzene rings is 2. The maximum atomic E-state index is 12.9. The topological polar surface area (TPSA) is 75.7 Å². The van der Waals surface area contributed by atoms with Gasteiger partial charge in [0, 0.05) is 24.9 Å². The summed E-state index contributed by atoms with van der Waals surface area (Å²) >= 11 is 0. The SMILES string of the molecule is CCOC(=O)c1cc(-c2ccccc2)ccc1NC(=O)C1CCN(C(=O)C2CC2)CC1. The summed E-state index contributed by atoms with van der Waals surface area (Å²) in [7, 11) is 0. The highest BCUT2D eigenvalue weighted by Crippen LogP contribution is 2.33. The van der Waals surface area contributed by atoms with Gasteiger partial charge in [-0.2, -0.15) is 0 Å². The van der Waals surface area contributed by atoms with Crippen LogP contribution in [0.15, 0.2) is 48.5 Å². The Hall–Kier alpha value is -3.15. The van der Waals surface area contributed by atoms with E-state index in [1.807, 2.05) is 41.3 Å². The first-order valence-electron chi connectivity index (χ1n) is 11.0. The van der Waals surface area contributed by atoms with Gasteiger partial charge in [-0.05, 0) is 55.9 Å². The summed E-state index contributed by atoms with van der Waals surface area (Å²) in [5.41, 5.74) is 2.67. The van der Waals surface area contributed by atoms with Crippen LogP contribution in [0.5, 0.6) is 0 Å². The molecule has 31 heavy (non-hydrogen) atoms. The predicted octanol–water partition coefficient (Wildman–Crippen LogP) is 4.12. The third-order valence-electron chi connectivity index (χ3n) is 5.98. The van der Waals surface area contributed by atoms with Gasteiger partial charge in [-0.25, -0.2) is 4.79 Å². The second-order valence-electron chi connectivity index (χ2n) is 8.21. The lowest BCUT2D eigenvalue weighted by Crippen LogP contribution is -2.42. The lowest BCUT2D eigenvalue weighted by atomic mass is 9.95. The van der Waals surface area contributed by atoms with Crippen LogP contribution in [0.1, 0.15) is 43.0 Å². The van der Waals surface area contributed by atoms with Crippen molar-refractivity contribution in [1.82, 2.24) is 4.90 Å². The summed E-state index contributed by atoms with van der Waals surface area (Å²) in [6.07, 6.45) is 3.27. The van der Waals surface area contributed by atoms with E-state index in [4.69, 9.17) is 4.74 Å². The fourth-order valence-corrected chi connectivity index (χ4v) is 4.03. The molecule has 1 aliphatic carbocycles. The van der Waals surface area contributed by atoms with Crippen LogP contribution in [0, 0.1) is 11.8 Å². The number of nitrogens with one attached hydrogen (secondary N) is 1. The van der Waals surface area contributed by atoms with Crippen molar-refractivity contribution in [2.75, 3.05) is 25.0 Å². The molecule has 1 heterocycles. The Bertz CT molecular complexity index is 961.